The Morgan fingerprint density at radius 1 is 1.07 bits per heavy atom. The van der Waals surface area contributed by atoms with Gasteiger partial charge in [0, 0.05) is 16.1 Å². The maximum Gasteiger partial charge on any atom is 0.282 e. The number of hydrogen-bond acceptors (Lipinski definition) is 4. The molecule has 1 heterocycles. The van der Waals surface area contributed by atoms with Crippen LogP contribution in [0.1, 0.15) is 11.3 Å². The van der Waals surface area contributed by atoms with Crippen LogP contribution < -0.4 is 5.43 Å². The van der Waals surface area contributed by atoms with Crippen LogP contribution in [0.5, 0.6) is 0 Å². The third-order valence-electron chi connectivity index (χ3n) is 3.59. The summed E-state index contributed by atoms with van der Waals surface area (Å²) in [6.45, 7) is 0. The molecule has 0 aliphatic heterocycles. The zero-order valence-corrected chi connectivity index (χ0v) is 15.7. The molecule has 3 aromatic rings. The van der Waals surface area contributed by atoms with Gasteiger partial charge >= 0.3 is 0 Å². The molecule has 0 aliphatic rings. The molecule has 0 radical (unpaired) electrons. The third kappa shape index (κ3) is 5.03. The molecule has 0 saturated heterocycles. The molecule has 0 spiro atoms. The van der Waals surface area contributed by atoms with Crippen LogP contribution in [0.15, 0.2) is 86.3 Å². The lowest BCUT2D eigenvalue weighted by molar-refractivity contribution is -0.117. The van der Waals surface area contributed by atoms with Gasteiger partial charge in [0.05, 0.1) is 6.21 Å². The second-order valence-electron chi connectivity index (χ2n) is 5.49. The monoisotopic (exact) mass is 419 g/mol. The molecule has 1 amide bonds. The largest absolute Gasteiger partial charge is 0.457 e. The standard InChI is InChI=1S/C21H14BrN3O2/c22-18-8-6-15(7-9-18)14-24-25-21(26)17(13-23)12-19-10-11-20(27-19)16-4-2-1-3-5-16/h1-12,14H,(H,25,26). The molecule has 2 aromatic carbocycles. The van der Waals surface area contributed by atoms with E-state index in [1.54, 1.807) is 12.1 Å². The SMILES string of the molecule is N#CC(=Cc1ccc(-c2ccccc2)o1)C(=O)NN=Cc1ccc(Br)cc1. The summed E-state index contributed by atoms with van der Waals surface area (Å²) in [4.78, 5) is 12.1. The lowest BCUT2D eigenvalue weighted by Gasteiger charge is -1.98. The first kappa shape index (κ1) is 18.4. The summed E-state index contributed by atoms with van der Waals surface area (Å²) >= 11 is 3.35. The molecule has 0 bridgehead atoms. The molecule has 27 heavy (non-hydrogen) atoms. The number of benzene rings is 2. The van der Waals surface area contributed by atoms with E-state index < -0.39 is 5.91 Å². The quantitative estimate of drug-likeness (QED) is 0.280. The predicted molar refractivity (Wildman–Crippen MR) is 108 cm³/mol. The Morgan fingerprint density at radius 3 is 2.52 bits per heavy atom. The fraction of sp³-hybridized carbons (Fsp3) is 0. The second kappa shape index (κ2) is 8.79. The third-order valence-corrected chi connectivity index (χ3v) is 4.12. The minimum absolute atomic E-state index is 0.100. The summed E-state index contributed by atoms with van der Waals surface area (Å²) in [7, 11) is 0. The molecule has 6 heteroatoms. The molecular formula is C21H14BrN3O2. The Morgan fingerprint density at radius 2 is 1.81 bits per heavy atom. The first-order valence-corrected chi connectivity index (χ1v) is 8.81. The Balaban J connectivity index is 1.69. The van der Waals surface area contributed by atoms with Crippen LogP contribution in [0.25, 0.3) is 17.4 Å². The van der Waals surface area contributed by atoms with Crippen molar-refractivity contribution in [1.82, 2.24) is 5.43 Å². The van der Waals surface area contributed by atoms with Crippen molar-refractivity contribution in [2.24, 2.45) is 5.10 Å². The van der Waals surface area contributed by atoms with Gasteiger partial charge in [-0.15, -0.1) is 0 Å². The lowest BCUT2D eigenvalue weighted by Crippen LogP contribution is -2.18. The van der Waals surface area contributed by atoms with Crippen LogP contribution in [0, 0.1) is 11.3 Å². The molecule has 3 rings (SSSR count). The van der Waals surface area contributed by atoms with Crippen molar-refractivity contribution in [3.8, 4) is 17.4 Å². The number of furan rings is 1. The number of hydrogen-bond donors (Lipinski definition) is 1. The molecule has 0 fully saturated rings. The van der Waals surface area contributed by atoms with Crippen molar-refractivity contribution in [1.29, 1.82) is 5.26 Å². The van der Waals surface area contributed by atoms with E-state index in [1.165, 1.54) is 12.3 Å². The zero-order valence-electron chi connectivity index (χ0n) is 14.1. The van der Waals surface area contributed by atoms with Crippen molar-refractivity contribution in [3.63, 3.8) is 0 Å². The average molecular weight is 420 g/mol. The fourth-order valence-corrected chi connectivity index (χ4v) is 2.52. The second-order valence-corrected chi connectivity index (χ2v) is 6.40. The molecule has 1 aromatic heterocycles. The van der Waals surface area contributed by atoms with Gasteiger partial charge < -0.3 is 4.42 Å². The Hall–Kier alpha value is -3.43. The van der Waals surface area contributed by atoms with E-state index in [1.807, 2.05) is 60.7 Å². The number of halogens is 1. The number of nitrogens with one attached hydrogen (secondary N) is 1. The highest BCUT2D eigenvalue weighted by Gasteiger charge is 2.10. The molecule has 0 aliphatic carbocycles. The highest BCUT2D eigenvalue weighted by molar-refractivity contribution is 9.10. The number of rotatable bonds is 5. The minimum atomic E-state index is -0.608. The van der Waals surface area contributed by atoms with Crippen LogP contribution >= 0.6 is 15.9 Å². The topological polar surface area (TPSA) is 78.4 Å². The van der Waals surface area contributed by atoms with E-state index in [4.69, 9.17) is 4.42 Å². The predicted octanol–water partition coefficient (Wildman–Crippen LogP) is 4.77. The summed E-state index contributed by atoms with van der Waals surface area (Å²) in [6.07, 6.45) is 2.89. The van der Waals surface area contributed by atoms with Crippen LogP contribution in [-0.2, 0) is 4.79 Å². The van der Waals surface area contributed by atoms with Gasteiger partial charge in [0.25, 0.3) is 5.91 Å². The Labute approximate surface area is 164 Å². The van der Waals surface area contributed by atoms with Crippen molar-refractivity contribution >= 4 is 34.1 Å². The van der Waals surface area contributed by atoms with E-state index in [0.29, 0.717) is 11.5 Å². The maximum atomic E-state index is 12.1. The summed E-state index contributed by atoms with van der Waals surface area (Å²) in [6, 6.07) is 22.3. The van der Waals surface area contributed by atoms with E-state index in [-0.39, 0.29) is 5.57 Å². The lowest BCUT2D eigenvalue weighted by atomic mass is 10.2. The molecule has 0 saturated carbocycles. The smallest absolute Gasteiger partial charge is 0.282 e. The number of nitrogens with zero attached hydrogens (tertiary/aromatic N) is 2. The van der Waals surface area contributed by atoms with Crippen LogP contribution in [0.4, 0.5) is 0 Å². The van der Waals surface area contributed by atoms with Gasteiger partial charge in [-0.05, 0) is 29.8 Å². The maximum absolute atomic E-state index is 12.1. The minimum Gasteiger partial charge on any atom is -0.457 e. The highest BCUT2D eigenvalue weighted by atomic mass is 79.9. The van der Waals surface area contributed by atoms with Crippen molar-refractivity contribution in [2.45, 2.75) is 0 Å². The van der Waals surface area contributed by atoms with Gasteiger partial charge in [-0.3, -0.25) is 4.79 Å². The highest BCUT2D eigenvalue weighted by Crippen LogP contribution is 2.23. The summed E-state index contributed by atoms with van der Waals surface area (Å²) in [5.41, 5.74) is 3.98. The number of carbonyl (C=O) groups excluding carboxylic acids is 1. The van der Waals surface area contributed by atoms with Gasteiger partial charge in [0.15, 0.2) is 0 Å². The molecule has 132 valence electrons. The van der Waals surface area contributed by atoms with Gasteiger partial charge in [-0.25, -0.2) is 5.43 Å². The number of hydrazone groups is 1. The van der Waals surface area contributed by atoms with Crippen molar-refractivity contribution < 1.29 is 9.21 Å². The van der Waals surface area contributed by atoms with Crippen molar-refractivity contribution in [3.05, 3.63) is 88.1 Å². The molecular weight excluding hydrogens is 406 g/mol. The number of amides is 1. The van der Waals surface area contributed by atoms with Crippen molar-refractivity contribution in [2.75, 3.05) is 0 Å². The van der Waals surface area contributed by atoms with Crippen LogP contribution in [0.3, 0.4) is 0 Å². The van der Waals surface area contributed by atoms with Gasteiger partial charge in [0.2, 0.25) is 0 Å². The van der Waals surface area contributed by atoms with E-state index in [2.05, 4.69) is 26.5 Å². The first-order chi connectivity index (χ1) is 13.2. The van der Waals surface area contributed by atoms with E-state index in [0.717, 1.165) is 15.6 Å². The molecule has 0 unspecified atom stereocenters. The van der Waals surface area contributed by atoms with E-state index in [9.17, 15) is 10.1 Å². The van der Waals surface area contributed by atoms with Gasteiger partial charge in [-0.2, -0.15) is 10.4 Å². The zero-order chi connectivity index (χ0) is 19.1. The summed E-state index contributed by atoms with van der Waals surface area (Å²) < 4.78 is 6.64. The van der Waals surface area contributed by atoms with Crippen LogP contribution in [0.2, 0.25) is 0 Å². The van der Waals surface area contributed by atoms with E-state index >= 15 is 0 Å². The summed E-state index contributed by atoms with van der Waals surface area (Å²) in [5, 5.41) is 13.1. The first-order valence-electron chi connectivity index (χ1n) is 8.02. The number of nitriles is 1. The molecule has 0 atom stereocenters. The molecule has 1 N–H and O–H groups in total. The molecule has 5 nitrogen and oxygen atoms in total. The van der Waals surface area contributed by atoms with Crippen LogP contribution in [-0.4, -0.2) is 12.1 Å². The Bertz CT molecular complexity index is 1030. The normalized spacial score (nSPS) is 11.3. The fourth-order valence-electron chi connectivity index (χ4n) is 2.25. The van der Waals surface area contributed by atoms with Gasteiger partial charge in [-0.1, -0.05) is 58.4 Å². The average Bonchev–Trinajstić information content (AvgIpc) is 3.17. The Kier molecular flexibility index (Phi) is 5.98. The summed E-state index contributed by atoms with van der Waals surface area (Å²) in [5.74, 6) is 0.466. The van der Waals surface area contributed by atoms with Gasteiger partial charge in [0.1, 0.15) is 23.2 Å². The number of carbonyl (C=O) groups is 1.